The van der Waals surface area contributed by atoms with Gasteiger partial charge in [0.25, 0.3) is 5.91 Å². The predicted molar refractivity (Wildman–Crippen MR) is 162 cm³/mol. The number of nitrogens with zero attached hydrogens (tertiary/aromatic N) is 3. The first kappa shape index (κ1) is 29.9. The maximum Gasteiger partial charge on any atom is 0.251 e. The highest BCUT2D eigenvalue weighted by molar-refractivity contribution is 6.01. The number of aromatic nitrogens is 1. The van der Waals surface area contributed by atoms with Gasteiger partial charge in [-0.05, 0) is 58.9 Å². The molecule has 9 heteroatoms. The van der Waals surface area contributed by atoms with Gasteiger partial charge in [0.1, 0.15) is 17.8 Å². The molecule has 224 valence electrons. The van der Waals surface area contributed by atoms with E-state index in [0.717, 1.165) is 16.7 Å². The minimum Gasteiger partial charge on any atom is -0.497 e. The van der Waals surface area contributed by atoms with Gasteiger partial charge in [0, 0.05) is 30.9 Å². The molecule has 9 nitrogen and oxygen atoms in total. The van der Waals surface area contributed by atoms with Crippen molar-refractivity contribution in [3.8, 4) is 5.75 Å². The van der Waals surface area contributed by atoms with Gasteiger partial charge in [-0.25, -0.2) is 0 Å². The summed E-state index contributed by atoms with van der Waals surface area (Å²) in [7, 11) is 1.58. The van der Waals surface area contributed by atoms with Gasteiger partial charge in [-0.2, -0.15) is 0 Å². The number of fused-ring (bicyclic) bond motifs is 1. The average Bonchev–Trinajstić information content (AvgIpc) is 3.58. The summed E-state index contributed by atoms with van der Waals surface area (Å²) >= 11 is 0. The van der Waals surface area contributed by atoms with Crippen LogP contribution in [0.5, 0.6) is 5.75 Å². The molecule has 0 bridgehead atoms. The summed E-state index contributed by atoms with van der Waals surface area (Å²) < 4.78 is 5.27. The van der Waals surface area contributed by atoms with Gasteiger partial charge in [0.15, 0.2) is 5.78 Å². The number of amides is 3. The van der Waals surface area contributed by atoms with Gasteiger partial charge in [-0.15, -0.1) is 0 Å². The van der Waals surface area contributed by atoms with E-state index in [0.29, 0.717) is 24.3 Å². The smallest absolute Gasteiger partial charge is 0.251 e. The molecule has 3 heterocycles. The maximum atomic E-state index is 14.1. The summed E-state index contributed by atoms with van der Waals surface area (Å²) in [6.45, 7) is 6.60. The molecule has 1 aromatic heterocycles. The summed E-state index contributed by atoms with van der Waals surface area (Å²) in [6.07, 6.45) is 4.16. The van der Waals surface area contributed by atoms with Crippen LogP contribution >= 0.6 is 0 Å². The molecule has 43 heavy (non-hydrogen) atoms. The molecule has 1 N–H and O–H groups in total. The standard InChI is InChI=1S/C34H38N4O5/c1-34(2,3)25-11-9-24(10-12-25)32(41)36-27(18-22-7-13-26(43-4)14-8-22)33(42)37-17-15-28-31(37)29(39)21-38(28)30(40)19-23-6-5-16-35-20-23/h5-14,16,20,27-28,31H,15,17-19,21H2,1-4H3,(H,36,41). The molecule has 0 saturated carbocycles. The molecule has 3 aromatic rings. The molecular weight excluding hydrogens is 544 g/mol. The van der Waals surface area contributed by atoms with Gasteiger partial charge in [0.2, 0.25) is 11.8 Å². The molecule has 0 aliphatic carbocycles. The van der Waals surface area contributed by atoms with Gasteiger partial charge in [-0.1, -0.05) is 51.1 Å². The highest BCUT2D eigenvalue weighted by atomic mass is 16.5. The van der Waals surface area contributed by atoms with Crippen LogP contribution in [-0.4, -0.2) is 76.6 Å². The Morgan fingerprint density at radius 2 is 1.72 bits per heavy atom. The van der Waals surface area contributed by atoms with E-state index in [-0.39, 0.29) is 54.3 Å². The molecule has 0 spiro atoms. The second-order valence-corrected chi connectivity index (χ2v) is 12.3. The SMILES string of the molecule is COc1ccc(CC(NC(=O)c2ccc(C(C)(C)C)cc2)C(=O)N2CCC3C2C(=O)CN3C(=O)Cc2cccnc2)cc1. The van der Waals surface area contributed by atoms with Crippen molar-refractivity contribution >= 4 is 23.5 Å². The number of pyridine rings is 1. The zero-order chi connectivity index (χ0) is 30.7. The number of methoxy groups -OCH3 is 1. The molecular formula is C34H38N4O5. The Balaban J connectivity index is 1.35. The number of hydrogen-bond acceptors (Lipinski definition) is 6. The number of nitrogens with one attached hydrogen (secondary N) is 1. The van der Waals surface area contributed by atoms with E-state index in [1.54, 1.807) is 47.5 Å². The molecule has 2 fully saturated rings. The van der Waals surface area contributed by atoms with E-state index < -0.39 is 12.1 Å². The molecule has 2 saturated heterocycles. The van der Waals surface area contributed by atoms with Crippen molar-refractivity contribution in [1.82, 2.24) is 20.1 Å². The summed E-state index contributed by atoms with van der Waals surface area (Å²) in [6, 6.07) is 16.3. The van der Waals surface area contributed by atoms with E-state index in [1.807, 2.05) is 42.5 Å². The topological polar surface area (TPSA) is 109 Å². The zero-order valence-electron chi connectivity index (χ0n) is 25.1. The number of rotatable bonds is 8. The normalized spacial score (nSPS) is 18.7. The van der Waals surface area contributed by atoms with E-state index in [9.17, 15) is 19.2 Å². The first-order chi connectivity index (χ1) is 20.5. The highest BCUT2D eigenvalue weighted by Gasteiger charge is 2.52. The van der Waals surface area contributed by atoms with E-state index in [4.69, 9.17) is 4.74 Å². The van der Waals surface area contributed by atoms with E-state index in [2.05, 4.69) is 31.1 Å². The molecule has 3 amide bonds. The molecule has 5 rings (SSSR count). The van der Waals surface area contributed by atoms with E-state index in [1.165, 1.54) is 0 Å². The lowest BCUT2D eigenvalue weighted by Gasteiger charge is -2.28. The Kier molecular flexibility index (Phi) is 8.62. The van der Waals surface area contributed by atoms with E-state index >= 15 is 0 Å². The maximum absolute atomic E-state index is 14.1. The van der Waals surface area contributed by atoms with Crippen LogP contribution in [0.1, 0.15) is 54.2 Å². The van der Waals surface area contributed by atoms with Gasteiger partial charge in [0.05, 0.1) is 26.1 Å². The molecule has 3 unspecified atom stereocenters. The van der Waals surface area contributed by atoms with Gasteiger partial charge in [-0.3, -0.25) is 24.2 Å². The van der Waals surface area contributed by atoms with Crippen LogP contribution in [0.2, 0.25) is 0 Å². The number of likely N-dealkylation sites (tertiary alicyclic amines) is 2. The van der Waals surface area contributed by atoms with Crippen LogP contribution in [0.4, 0.5) is 0 Å². The van der Waals surface area contributed by atoms with Crippen molar-refractivity contribution < 1.29 is 23.9 Å². The van der Waals surface area contributed by atoms with Crippen LogP contribution in [0.25, 0.3) is 0 Å². The molecule has 2 aromatic carbocycles. The summed E-state index contributed by atoms with van der Waals surface area (Å²) in [5.74, 6) is -0.343. The molecule has 3 atom stereocenters. The number of benzene rings is 2. The van der Waals surface area contributed by atoms with Crippen molar-refractivity contribution in [2.75, 3.05) is 20.2 Å². The van der Waals surface area contributed by atoms with Crippen molar-refractivity contribution in [1.29, 1.82) is 0 Å². The Bertz CT molecular complexity index is 1480. The average molecular weight is 583 g/mol. The second kappa shape index (κ2) is 12.4. The number of Topliss-reactive ketones (excluding diaryl/α,β-unsaturated/α-hetero) is 1. The van der Waals surface area contributed by atoms with Gasteiger partial charge < -0.3 is 19.9 Å². The lowest BCUT2D eigenvalue weighted by Crippen LogP contribution is -2.53. The summed E-state index contributed by atoms with van der Waals surface area (Å²) in [5, 5.41) is 2.95. The highest BCUT2D eigenvalue weighted by Crippen LogP contribution is 2.31. The molecule has 2 aliphatic heterocycles. The predicted octanol–water partition coefficient (Wildman–Crippen LogP) is 3.35. The Labute approximate surface area is 252 Å². The minimum absolute atomic E-state index is 0.0339. The zero-order valence-corrected chi connectivity index (χ0v) is 25.1. The van der Waals surface area contributed by atoms with Crippen molar-refractivity contribution in [2.45, 2.75) is 63.6 Å². The van der Waals surface area contributed by atoms with Crippen molar-refractivity contribution in [3.63, 3.8) is 0 Å². The first-order valence-electron chi connectivity index (χ1n) is 14.6. The third-order valence-corrected chi connectivity index (χ3v) is 8.32. The largest absolute Gasteiger partial charge is 0.497 e. The van der Waals surface area contributed by atoms with Crippen molar-refractivity contribution in [2.24, 2.45) is 0 Å². The van der Waals surface area contributed by atoms with Gasteiger partial charge >= 0.3 is 0 Å². The summed E-state index contributed by atoms with van der Waals surface area (Å²) in [4.78, 5) is 61.2. The number of hydrogen-bond donors (Lipinski definition) is 1. The van der Waals surface area contributed by atoms with Crippen LogP contribution in [0.15, 0.2) is 73.1 Å². The summed E-state index contributed by atoms with van der Waals surface area (Å²) in [5.41, 5.74) is 3.09. The lowest BCUT2D eigenvalue weighted by atomic mass is 9.86. The Morgan fingerprint density at radius 3 is 2.35 bits per heavy atom. The quantitative estimate of drug-likeness (QED) is 0.437. The first-order valence-corrected chi connectivity index (χ1v) is 14.6. The van der Waals surface area contributed by atoms with Crippen LogP contribution in [0.3, 0.4) is 0 Å². The van der Waals surface area contributed by atoms with Crippen molar-refractivity contribution in [3.05, 3.63) is 95.3 Å². The second-order valence-electron chi connectivity index (χ2n) is 12.3. The lowest BCUT2D eigenvalue weighted by molar-refractivity contribution is -0.138. The minimum atomic E-state index is -0.908. The third kappa shape index (κ3) is 6.61. The van der Waals surface area contributed by atoms with Crippen LogP contribution in [-0.2, 0) is 32.6 Å². The number of carbonyl (C=O) groups excluding carboxylic acids is 4. The number of ether oxygens (including phenoxy) is 1. The fourth-order valence-electron chi connectivity index (χ4n) is 5.93. The molecule has 2 aliphatic rings. The Hall–Kier alpha value is -4.53. The van der Waals surface area contributed by atoms with Crippen LogP contribution in [0, 0.1) is 0 Å². The fourth-order valence-corrected chi connectivity index (χ4v) is 5.93. The third-order valence-electron chi connectivity index (χ3n) is 8.32. The van der Waals surface area contributed by atoms with Crippen LogP contribution < -0.4 is 10.1 Å². The monoisotopic (exact) mass is 582 g/mol. The number of ketones is 1. The number of carbonyl (C=O) groups is 4. The fraction of sp³-hybridized carbons (Fsp3) is 0.382. The molecule has 0 radical (unpaired) electrons. The Morgan fingerprint density at radius 1 is 1.00 bits per heavy atom.